The largest absolute Gasteiger partial charge is 0.494 e. The maximum Gasteiger partial charge on any atom is 0.337 e. The number of ether oxygens (including phenoxy) is 1. The summed E-state index contributed by atoms with van der Waals surface area (Å²) in [7, 11) is 0. The van der Waals surface area contributed by atoms with Gasteiger partial charge < -0.3 is 15.2 Å². The quantitative estimate of drug-likeness (QED) is 0.846. The number of carboxylic acids is 1. The Labute approximate surface area is 117 Å². The van der Waals surface area contributed by atoms with E-state index in [9.17, 15) is 4.79 Å². The van der Waals surface area contributed by atoms with E-state index in [1.54, 1.807) is 12.1 Å². The molecule has 5 heteroatoms. The number of nitrogens with one attached hydrogen (secondary N) is 1. The number of hydrogen-bond acceptors (Lipinski definition) is 4. The SMILES string of the molecule is CCOc1cccc(NCc2ccc(C(=O)O)cn2)c1. The summed E-state index contributed by atoms with van der Waals surface area (Å²) >= 11 is 0. The van der Waals surface area contributed by atoms with E-state index in [0.29, 0.717) is 13.2 Å². The Morgan fingerprint density at radius 2 is 2.20 bits per heavy atom. The minimum absolute atomic E-state index is 0.187. The number of aromatic nitrogens is 1. The fraction of sp³-hybridized carbons (Fsp3) is 0.200. The molecule has 1 aromatic carbocycles. The van der Waals surface area contributed by atoms with Gasteiger partial charge in [-0.1, -0.05) is 6.07 Å². The molecule has 1 heterocycles. The fourth-order valence-electron chi connectivity index (χ4n) is 1.71. The summed E-state index contributed by atoms with van der Waals surface area (Å²) < 4.78 is 5.42. The Kier molecular flexibility index (Phi) is 4.55. The van der Waals surface area contributed by atoms with E-state index in [0.717, 1.165) is 17.1 Å². The van der Waals surface area contributed by atoms with Gasteiger partial charge in [0.05, 0.1) is 24.4 Å². The van der Waals surface area contributed by atoms with Gasteiger partial charge in [-0.3, -0.25) is 4.98 Å². The number of hydrogen-bond donors (Lipinski definition) is 2. The molecule has 2 rings (SSSR count). The Balaban J connectivity index is 1.97. The zero-order valence-corrected chi connectivity index (χ0v) is 11.2. The molecule has 0 unspecified atom stereocenters. The van der Waals surface area contributed by atoms with Crippen LogP contribution in [0.3, 0.4) is 0 Å². The summed E-state index contributed by atoms with van der Waals surface area (Å²) in [4.78, 5) is 14.8. The number of rotatable bonds is 6. The lowest BCUT2D eigenvalue weighted by atomic mass is 10.2. The molecule has 0 fully saturated rings. The summed E-state index contributed by atoms with van der Waals surface area (Å²) in [5, 5.41) is 12.0. The van der Waals surface area contributed by atoms with E-state index in [2.05, 4.69) is 10.3 Å². The molecular formula is C15H16N2O3. The summed E-state index contributed by atoms with van der Waals surface area (Å²) in [5.41, 5.74) is 1.89. The average Bonchev–Trinajstić information content (AvgIpc) is 2.46. The van der Waals surface area contributed by atoms with Gasteiger partial charge in [-0.2, -0.15) is 0 Å². The van der Waals surface area contributed by atoms with E-state index >= 15 is 0 Å². The molecule has 0 saturated heterocycles. The maximum absolute atomic E-state index is 10.7. The molecule has 0 saturated carbocycles. The summed E-state index contributed by atoms with van der Waals surface area (Å²) in [5.74, 6) is -0.159. The van der Waals surface area contributed by atoms with Crippen LogP contribution in [0.25, 0.3) is 0 Å². The van der Waals surface area contributed by atoms with E-state index in [-0.39, 0.29) is 5.56 Å². The molecule has 1 aromatic heterocycles. The minimum atomic E-state index is -0.971. The topological polar surface area (TPSA) is 71.5 Å². The number of anilines is 1. The first-order valence-electron chi connectivity index (χ1n) is 6.34. The van der Waals surface area contributed by atoms with Gasteiger partial charge in [-0.05, 0) is 31.2 Å². The minimum Gasteiger partial charge on any atom is -0.494 e. The fourth-order valence-corrected chi connectivity index (χ4v) is 1.71. The lowest BCUT2D eigenvalue weighted by molar-refractivity contribution is 0.0696. The normalized spacial score (nSPS) is 10.1. The van der Waals surface area contributed by atoms with E-state index in [1.807, 2.05) is 31.2 Å². The third kappa shape index (κ3) is 3.71. The Morgan fingerprint density at radius 3 is 2.85 bits per heavy atom. The van der Waals surface area contributed by atoms with Crippen molar-refractivity contribution in [1.82, 2.24) is 4.98 Å². The van der Waals surface area contributed by atoms with Crippen molar-refractivity contribution in [3.05, 3.63) is 53.9 Å². The van der Waals surface area contributed by atoms with Crippen LogP contribution in [0, 0.1) is 0 Å². The number of aromatic carboxylic acids is 1. The molecule has 0 aliphatic carbocycles. The van der Waals surface area contributed by atoms with Gasteiger partial charge in [0.1, 0.15) is 5.75 Å². The van der Waals surface area contributed by atoms with Crippen LogP contribution in [0.4, 0.5) is 5.69 Å². The summed E-state index contributed by atoms with van der Waals surface area (Å²) in [6.07, 6.45) is 1.36. The van der Waals surface area contributed by atoms with E-state index in [4.69, 9.17) is 9.84 Å². The van der Waals surface area contributed by atoms with Crippen molar-refractivity contribution >= 4 is 11.7 Å². The predicted octanol–water partition coefficient (Wildman–Crippen LogP) is 2.79. The number of nitrogens with zero attached hydrogens (tertiary/aromatic N) is 1. The van der Waals surface area contributed by atoms with Gasteiger partial charge in [0.15, 0.2) is 0 Å². The molecule has 0 bridgehead atoms. The van der Waals surface area contributed by atoms with Crippen molar-refractivity contribution in [2.24, 2.45) is 0 Å². The van der Waals surface area contributed by atoms with Crippen molar-refractivity contribution in [3.63, 3.8) is 0 Å². The zero-order valence-electron chi connectivity index (χ0n) is 11.2. The van der Waals surface area contributed by atoms with Crippen LogP contribution in [0.2, 0.25) is 0 Å². The van der Waals surface area contributed by atoms with Crippen LogP contribution < -0.4 is 10.1 Å². The molecule has 2 aromatic rings. The highest BCUT2D eigenvalue weighted by Gasteiger charge is 2.03. The van der Waals surface area contributed by atoms with Crippen molar-refractivity contribution in [3.8, 4) is 5.75 Å². The van der Waals surface area contributed by atoms with Crippen molar-refractivity contribution < 1.29 is 14.6 Å². The third-order valence-electron chi connectivity index (χ3n) is 2.69. The highest BCUT2D eigenvalue weighted by Crippen LogP contribution is 2.17. The van der Waals surface area contributed by atoms with E-state index < -0.39 is 5.97 Å². The summed E-state index contributed by atoms with van der Waals surface area (Å²) in [6, 6.07) is 10.9. The van der Waals surface area contributed by atoms with Gasteiger partial charge in [-0.25, -0.2) is 4.79 Å². The average molecular weight is 272 g/mol. The Bertz CT molecular complexity index is 582. The van der Waals surface area contributed by atoms with Crippen LogP contribution in [0.15, 0.2) is 42.6 Å². The Morgan fingerprint density at radius 1 is 1.35 bits per heavy atom. The van der Waals surface area contributed by atoms with Crippen molar-refractivity contribution in [2.45, 2.75) is 13.5 Å². The lowest BCUT2D eigenvalue weighted by Gasteiger charge is -2.08. The molecule has 0 radical (unpaired) electrons. The van der Waals surface area contributed by atoms with Gasteiger partial charge >= 0.3 is 5.97 Å². The van der Waals surface area contributed by atoms with Gasteiger partial charge in [-0.15, -0.1) is 0 Å². The maximum atomic E-state index is 10.7. The first kappa shape index (κ1) is 13.9. The molecule has 5 nitrogen and oxygen atoms in total. The molecule has 2 N–H and O–H groups in total. The van der Waals surface area contributed by atoms with Crippen molar-refractivity contribution in [1.29, 1.82) is 0 Å². The number of carbonyl (C=O) groups is 1. The molecule has 0 amide bonds. The molecule has 20 heavy (non-hydrogen) atoms. The molecule has 0 atom stereocenters. The smallest absolute Gasteiger partial charge is 0.337 e. The highest BCUT2D eigenvalue weighted by atomic mass is 16.5. The zero-order chi connectivity index (χ0) is 14.4. The van der Waals surface area contributed by atoms with E-state index in [1.165, 1.54) is 6.20 Å². The van der Waals surface area contributed by atoms with Gasteiger partial charge in [0.25, 0.3) is 0 Å². The molecule has 0 spiro atoms. The van der Waals surface area contributed by atoms with Crippen LogP contribution in [0.1, 0.15) is 23.0 Å². The highest BCUT2D eigenvalue weighted by molar-refractivity contribution is 5.87. The van der Waals surface area contributed by atoms with Crippen molar-refractivity contribution in [2.75, 3.05) is 11.9 Å². The standard InChI is InChI=1S/C15H16N2O3/c1-2-20-14-5-3-4-12(8-14)17-10-13-7-6-11(9-16-13)15(18)19/h3-9,17H,2,10H2,1H3,(H,18,19). The van der Waals surface area contributed by atoms with Crippen LogP contribution in [0.5, 0.6) is 5.75 Å². The lowest BCUT2D eigenvalue weighted by Crippen LogP contribution is -2.04. The van der Waals surface area contributed by atoms with Crippen LogP contribution >= 0.6 is 0 Å². The van der Waals surface area contributed by atoms with Gasteiger partial charge in [0.2, 0.25) is 0 Å². The van der Waals surface area contributed by atoms with Crippen LogP contribution in [-0.2, 0) is 6.54 Å². The first-order chi connectivity index (χ1) is 9.69. The Hall–Kier alpha value is -2.56. The monoisotopic (exact) mass is 272 g/mol. The molecule has 0 aliphatic rings. The number of carboxylic acid groups (broad SMARTS) is 1. The van der Waals surface area contributed by atoms with Gasteiger partial charge in [0, 0.05) is 18.0 Å². The second-order valence-electron chi connectivity index (χ2n) is 4.16. The third-order valence-corrected chi connectivity index (χ3v) is 2.69. The number of benzene rings is 1. The molecule has 104 valence electrons. The van der Waals surface area contributed by atoms with Crippen LogP contribution in [-0.4, -0.2) is 22.7 Å². The predicted molar refractivity (Wildman–Crippen MR) is 76.1 cm³/mol. The second kappa shape index (κ2) is 6.56. The first-order valence-corrected chi connectivity index (χ1v) is 6.34. The molecule has 0 aliphatic heterocycles. The number of pyridine rings is 1. The second-order valence-corrected chi connectivity index (χ2v) is 4.16. The molecular weight excluding hydrogens is 256 g/mol. The summed E-state index contributed by atoms with van der Waals surface area (Å²) in [6.45, 7) is 3.09.